The van der Waals surface area contributed by atoms with Crippen molar-refractivity contribution in [2.75, 3.05) is 6.61 Å². The van der Waals surface area contributed by atoms with Crippen LogP contribution in [0.1, 0.15) is 12.8 Å². The van der Waals surface area contributed by atoms with Crippen LogP contribution in [0, 0.1) is 0 Å². The molecule has 0 fully saturated rings. The molecule has 8 nitrogen and oxygen atoms in total. The van der Waals surface area contributed by atoms with Crippen LogP contribution in [0.5, 0.6) is 0 Å². The minimum atomic E-state index is -1.35. The van der Waals surface area contributed by atoms with Crippen molar-refractivity contribution in [2.24, 2.45) is 5.73 Å². The maximum atomic E-state index is 11.1. The number of carboxylic acid groups (broad SMARTS) is 2. The van der Waals surface area contributed by atoms with Gasteiger partial charge in [-0.1, -0.05) is 0 Å². The molecule has 6 N–H and O–H groups in total. The molecule has 0 aromatic rings. The van der Waals surface area contributed by atoms with Gasteiger partial charge in [-0.05, 0) is 6.42 Å². The van der Waals surface area contributed by atoms with E-state index in [1.807, 2.05) is 5.32 Å². The SMILES string of the molecule is NC(CO)C(=O)NC(CCC(=O)O)C(=O)O. The van der Waals surface area contributed by atoms with Gasteiger partial charge in [-0.25, -0.2) is 4.79 Å². The van der Waals surface area contributed by atoms with Crippen molar-refractivity contribution in [1.82, 2.24) is 5.32 Å². The van der Waals surface area contributed by atoms with Crippen LogP contribution in [0.4, 0.5) is 0 Å². The Morgan fingerprint density at radius 2 is 1.81 bits per heavy atom. The minimum Gasteiger partial charge on any atom is -0.481 e. The second-order valence-corrected chi connectivity index (χ2v) is 3.12. The molecule has 0 heterocycles. The Bertz CT molecular complexity index is 280. The van der Waals surface area contributed by atoms with Gasteiger partial charge >= 0.3 is 11.9 Å². The highest BCUT2D eigenvalue weighted by Crippen LogP contribution is 1.98. The molecule has 2 unspecified atom stereocenters. The number of rotatable bonds is 7. The Hall–Kier alpha value is -1.67. The maximum Gasteiger partial charge on any atom is 0.326 e. The van der Waals surface area contributed by atoms with E-state index < -0.39 is 36.5 Å². The van der Waals surface area contributed by atoms with Crippen LogP contribution in [0.2, 0.25) is 0 Å². The van der Waals surface area contributed by atoms with E-state index in [1.165, 1.54) is 0 Å². The fourth-order valence-corrected chi connectivity index (χ4v) is 0.887. The maximum absolute atomic E-state index is 11.1. The summed E-state index contributed by atoms with van der Waals surface area (Å²) in [5.41, 5.74) is 5.15. The Morgan fingerprint density at radius 3 is 2.19 bits per heavy atom. The molecule has 0 spiro atoms. The van der Waals surface area contributed by atoms with Crippen molar-refractivity contribution in [3.05, 3.63) is 0 Å². The topological polar surface area (TPSA) is 150 Å². The zero-order valence-corrected chi connectivity index (χ0v) is 8.42. The predicted octanol–water partition coefficient (Wildman–Crippen LogP) is -2.26. The van der Waals surface area contributed by atoms with E-state index in [1.54, 1.807) is 0 Å². The molecule has 0 saturated carbocycles. The third-order valence-electron chi connectivity index (χ3n) is 1.79. The third-order valence-corrected chi connectivity index (χ3v) is 1.79. The van der Waals surface area contributed by atoms with E-state index in [2.05, 4.69) is 0 Å². The fraction of sp³-hybridized carbons (Fsp3) is 0.625. The molecule has 0 aliphatic carbocycles. The number of carbonyl (C=O) groups is 3. The summed E-state index contributed by atoms with van der Waals surface area (Å²) < 4.78 is 0. The second-order valence-electron chi connectivity index (χ2n) is 3.12. The quantitative estimate of drug-likeness (QED) is 0.333. The van der Waals surface area contributed by atoms with Crippen molar-refractivity contribution < 1.29 is 29.7 Å². The highest BCUT2D eigenvalue weighted by Gasteiger charge is 2.23. The van der Waals surface area contributed by atoms with Gasteiger partial charge in [-0.15, -0.1) is 0 Å². The Morgan fingerprint density at radius 1 is 1.25 bits per heavy atom. The summed E-state index contributed by atoms with van der Waals surface area (Å²) in [5, 5.41) is 27.6. The second kappa shape index (κ2) is 6.75. The monoisotopic (exact) mass is 234 g/mol. The standard InChI is InChI=1S/C8H14N2O6/c9-4(3-11)7(14)10-5(8(15)16)1-2-6(12)13/h4-5,11H,1-3,9H2,(H,10,14)(H,12,13)(H,15,16). The van der Waals surface area contributed by atoms with Gasteiger partial charge in [-0.3, -0.25) is 9.59 Å². The van der Waals surface area contributed by atoms with Crippen LogP contribution >= 0.6 is 0 Å². The lowest BCUT2D eigenvalue weighted by molar-refractivity contribution is -0.143. The van der Waals surface area contributed by atoms with Crippen LogP contribution in [-0.2, 0) is 14.4 Å². The summed E-state index contributed by atoms with van der Waals surface area (Å²) in [6, 6.07) is -2.53. The number of nitrogens with two attached hydrogens (primary N) is 1. The van der Waals surface area contributed by atoms with Gasteiger partial charge in [0.1, 0.15) is 12.1 Å². The molecule has 0 bridgehead atoms. The lowest BCUT2D eigenvalue weighted by atomic mass is 10.1. The summed E-state index contributed by atoms with van der Waals surface area (Å²) in [7, 11) is 0. The molecule has 0 aliphatic rings. The fourth-order valence-electron chi connectivity index (χ4n) is 0.887. The van der Waals surface area contributed by atoms with Crippen molar-refractivity contribution in [3.63, 3.8) is 0 Å². The molecule has 2 atom stereocenters. The van der Waals surface area contributed by atoms with Gasteiger partial charge in [0.15, 0.2) is 0 Å². The first-order valence-corrected chi connectivity index (χ1v) is 4.50. The smallest absolute Gasteiger partial charge is 0.326 e. The molecule has 0 rings (SSSR count). The summed E-state index contributed by atoms with van der Waals surface area (Å²) in [6.45, 7) is -0.614. The number of hydrogen-bond acceptors (Lipinski definition) is 5. The number of carbonyl (C=O) groups excluding carboxylic acids is 1. The number of amides is 1. The Kier molecular flexibility index (Phi) is 6.04. The Labute approximate surface area is 91.1 Å². The first kappa shape index (κ1) is 14.3. The van der Waals surface area contributed by atoms with E-state index in [0.717, 1.165) is 0 Å². The largest absolute Gasteiger partial charge is 0.481 e. The normalized spacial score (nSPS) is 13.9. The van der Waals surface area contributed by atoms with Crippen molar-refractivity contribution in [1.29, 1.82) is 0 Å². The Balaban J connectivity index is 4.28. The molecule has 8 heteroatoms. The van der Waals surface area contributed by atoms with Crippen LogP contribution in [0.3, 0.4) is 0 Å². The highest BCUT2D eigenvalue weighted by atomic mass is 16.4. The van der Waals surface area contributed by atoms with Gasteiger partial charge in [-0.2, -0.15) is 0 Å². The van der Waals surface area contributed by atoms with Crippen LogP contribution < -0.4 is 11.1 Å². The molecule has 92 valence electrons. The lowest BCUT2D eigenvalue weighted by Crippen LogP contribution is -2.49. The van der Waals surface area contributed by atoms with Crippen molar-refractivity contribution >= 4 is 17.8 Å². The number of aliphatic hydroxyl groups is 1. The van der Waals surface area contributed by atoms with Crippen LogP contribution in [-0.4, -0.2) is 51.9 Å². The predicted molar refractivity (Wildman–Crippen MR) is 51.5 cm³/mol. The molecule has 16 heavy (non-hydrogen) atoms. The molecule has 0 aromatic heterocycles. The number of nitrogens with one attached hydrogen (secondary N) is 1. The van der Waals surface area contributed by atoms with Gasteiger partial charge in [0, 0.05) is 6.42 Å². The molecule has 0 aromatic carbocycles. The molecule has 0 radical (unpaired) electrons. The van der Waals surface area contributed by atoms with Gasteiger partial charge in [0.2, 0.25) is 5.91 Å². The number of carboxylic acids is 2. The molecule has 1 amide bonds. The third kappa shape index (κ3) is 5.27. The van der Waals surface area contributed by atoms with Crippen molar-refractivity contribution in [2.45, 2.75) is 24.9 Å². The first-order chi connectivity index (χ1) is 7.38. The van der Waals surface area contributed by atoms with E-state index in [9.17, 15) is 14.4 Å². The highest BCUT2D eigenvalue weighted by molar-refractivity contribution is 5.87. The lowest BCUT2D eigenvalue weighted by Gasteiger charge is -2.15. The van der Waals surface area contributed by atoms with Crippen molar-refractivity contribution in [3.8, 4) is 0 Å². The molecular formula is C8H14N2O6. The van der Waals surface area contributed by atoms with Crippen LogP contribution in [0.25, 0.3) is 0 Å². The summed E-state index contributed by atoms with van der Waals surface area (Å²) >= 11 is 0. The summed E-state index contributed by atoms with van der Waals surface area (Å²) in [5.74, 6) is -3.34. The average Bonchev–Trinajstić information content (AvgIpc) is 2.21. The molecule has 0 aliphatic heterocycles. The summed E-state index contributed by atoms with van der Waals surface area (Å²) in [4.78, 5) is 32.0. The zero-order chi connectivity index (χ0) is 12.7. The van der Waals surface area contributed by atoms with Gasteiger partial charge in [0.05, 0.1) is 6.61 Å². The van der Waals surface area contributed by atoms with Gasteiger partial charge in [0.25, 0.3) is 0 Å². The molecular weight excluding hydrogens is 220 g/mol. The van der Waals surface area contributed by atoms with E-state index in [-0.39, 0.29) is 12.8 Å². The summed E-state index contributed by atoms with van der Waals surface area (Å²) in [6.07, 6.45) is -0.625. The first-order valence-electron chi connectivity index (χ1n) is 4.50. The average molecular weight is 234 g/mol. The van der Waals surface area contributed by atoms with Crippen LogP contribution in [0.15, 0.2) is 0 Å². The van der Waals surface area contributed by atoms with Gasteiger partial charge < -0.3 is 26.4 Å². The minimum absolute atomic E-state index is 0.242. The number of aliphatic hydroxyl groups excluding tert-OH is 1. The number of aliphatic carboxylic acids is 2. The number of hydrogen-bond donors (Lipinski definition) is 5. The van der Waals surface area contributed by atoms with E-state index in [4.69, 9.17) is 21.1 Å². The van der Waals surface area contributed by atoms with E-state index in [0.29, 0.717) is 0 Å². The molecule has 0 saturated heterocycles. The van der Waals surface area contributed by atoms with E-state index >= 15 is 0 Å². The zero-order valence-electron chi connectivity index (χ0n) is 8.42.